The number of aliphatic hydroxyl groups is 1. The lowest BCUT2D eigenvalue weighted by Crippen LogP contribution is -2.58. The fourth-order valence-electron chi connectivity index (χ4n) is 4.48. The Morgan fingerprint density at radius 2 is 1.71 bits per heavy atom. The maximum Gasteiger partial charge on any atom is 0.552 e. The molecule has 1 aliphatic heterocycles. The summed E-state index contributed by atoms with van der Waals surface area (Å²) in [6.45, 7) is 4.97. The number of aliphatic carboxylic acids is 1. The molecule has 0 spiro atoms. The molecular weight excluding hydrogens is 549 g/mol. The number of methoxy groups -OCH3 is 1. The molecule has 1 aliphatic rings. The molecule has 0 radical (unpaired) electrons. The number of benzene rings is 1. The lowest BCUT2D eigenvalue weighted by molar-refractivity contribution is -0.159. The van der Waals surface area contributed by atoms with Crippen LogP contribution in [-0.2, 0) is 33.2 Å². The van der Waals surface area contributed by atoms with Crippen molar-refractivity contribution in [1.29, 1.82) is 0 Å². The van der Waals surface area contributed by atoms with E-state index in [1.54, 1.807) is 12.1 Å². The van der Waals surface area contributed by atoms with Crippen molar-refractivity contribution in [1.82, 2.24) is 15.6 Å². The molecule has 2 aromatic rings. The molecule has 2 amide bonds. The predicted molar refractivity (Wildman–Crippen MR) is 149 cm³/mol. The standard InChI is InChI=1S/C28H34BN3O10/c1-16(2)13-21(29-41-27(39)28(42-29,14-22(34)35)15-23(36)40-4)31-26(38)24(17(3)33)32-25(37)20-12-8-11-19(30-20)18-9-6-5-7-10-18/h5-12,16-17,21,24,33H,13-15H2,1-4H3,(H,31,38)(H,32,37)(H,34,35)/t17?,21?,24?,28-/m1/s1. The lowest BCUT2D eigenvalue weighted by atomic mass is 9.73. The van der Waals surface area contributed by atoms with E-state index in [0.29, 0.717) is 5.69 Å². The Hall–Kier alpha value is -4.30. The molecule has 13 nitrogen and oxygen atoms in total. The fourth-order valence-corrected chi connectivity index (χ4v) is 4.48. The first-order valence-corrected chi connectivity index (χ1v) is 13.3. The van der Waals surface area contributed by atoms with Crippen LogP contribution in [0.3, 0.4) is 0 Å². The molecule has 3 unspecified atom stereocenters. The predicted octanol–water partition coefficient (Wildman–Crippen LogP) is 1.14. The number of ether oxygens (including phenoxy) is 1. The van der Waals surface area contributed by atoms with Gasteiger partial charge in [0, 0.05) is 5.56 Å². The van der Waals surface area contributed by atoms with E-state index in [-0.39, 0.29) is 18.0 Å². The zero-order chi connectivity index (χ0) is 31.0. The zero-order valence-corrected chi connectivity index (χ0v) is 23.7. The Labute approximate surface area is 243 Å². The van der Waals surface area contributed by atoms with Crippen molar-refractivity contribution >= 4 is 36.8 Å². The molecule has 1 aromatic heterocycles. The number of rotatable bonds is 13. The monoisotopic (exact) mass is 583 g/mol. The van der Waals surface area contributed by atoms with Gasteiger partial charge < -0.3 is 34.9 Å². The van der Waals surface area contributed by atoms with Gasteiger partial charge in [0.25, 0.3) is 5.91 Å². The van der Waals surface area contributed by atoms with Crippen molar-refractivity contribution in [2.45, 2.75) is 63.7 Å². The van der Waals surface area contributed by atoms with Crippen molar-refractivity contribution < 1.29 is 48.2 Å². The molecule has 0 aliphatic carbocycles. The molecule has 224 valence electrons. The Balaban J connectivity index is 1.80. The molecule has 14 heteroatoms. The largest absolute Gasteiger partial charge is 0.552 e. The van der Waals surface area contributed by atoms with Gasteiger partial charge in [-0.3, -0.25) is 24.0 Å². The van der Waals surface area contributed by atoms with Crippen LogP contribution in [0.15, 0.2) is 48.5 Å². The van der Waals surface area contributed by atoms with Gasteiger partial charge in [0.1, 0.15) is 11.7 Å². The van der Waals surface area contributed by atoms with E-state index >= 15 is 0 Å². The van der Waals surface area contributed by atoms with Crippen LogP contribution in [0.2, 0.25) is 0 Å². The highest BCUT2D eigenvalue weighted by Gasteiger charge is 2.58. The summed E-state index contributed by atoms with van der Waals surface area (Å²) in [4.78, 5) is 67.1. The van der Waals surface area contributed by atoms with Crippen LogP contribution in [0.4, 0.5) is 0 Å². The van der Waals surface area contributed by atoms with E-state index in [1.165, 1.54) is 13.0 Å². The van der Waals surface area contributed by atoms with Crippen LogP contribution in [0.5, 0.6) is 0 Å². The summed E-state index contributed by atoms with van der Waals surface area (Å²) in [6.07, 6.45) is -2.73. The Bertz CT molecular complexity index is 1310. The minimum atomic E-state index is -2.16. The molecule has 1 saturated heterocycles. The molecule has 4 N–H and O–H groups in total. The second-order valence-corrected chi connectivity index (χ2v) is 10.4. The third-order valence-corrected chi connectivity index (χ3v) is 6.52. The van der Waals surface area contributed by atoms with Crippen LogP contribution >= 0.6 is 0 Å². The highest BCUT2D eigenvalue weighted by atomic mass is 16.7. The number of carbonyl (C=O) groups is 5. The highest BCUT2D eigenvalue weighted by molar-refractivity contribution is 6.51. The van der Waals surface area contributed by atoms with Crippen molar-refractivity contribution in [2.75, 3.05) is 7.11 Å². The normalized spacial score (nSPS) is 18.5. The highest BCUT2D eigenvalue weighted by Crippen LogP contribution is 2.33. The summed E-state index contributed by atoms with van der Waals surface area (Å²) in [5, 5.41) is 24.9. The number of aliphatic hydroxyl groups excluding tert-OH is 1. The maximum absolute atomic E-state index is 13.4. The van der Waals surface area contributed by atoms with Gasteiger partial charge in [-0.15, -0.1) is 0 Å². The lowest BCUT2D eigenvalue weighted by Gasteiger charge is -2.27. The molecule has 42 heavy (non-hydrogen) atoms. The first-order valence-electron chi connectivity index (χ1n) is 13.3. The summed E-state index contributed by atoms with van der Waals surface area (Å²) in [7, 11) is -0.378. The van der Waals surface area contributed by atoms with Crippen LogP contribution in [0, 0.1) is 5.92 Å². The quantitative estimate of drug-likeness (QED) is 0.195. The summed E-state index contributed by atoms with van der Waals surface area (Å²) in [5.41, 5.74) is -0.819. The zero-order valence-electron chi connectivity index (χ0n) is 23.7. The number of carboxylic acids is 1. The van der Waals surface area contributed by atoms with Crippen LogP contribution in [-0.4, -0.2) is 82.8 Å². The average molecular weight is 583 g/mol. The molecule has 0 bridgehead atoms. The third-order valence-electron chi connectivity index (χ3n) is 6.52. The summed E-state index contributed by atoms with van der Waals surface area (Å²) in [6, 6.07) is 12.6. The molecule has 1 fully saturated rings. The topological polar surface area (TPSA) is 190 Å². The molecule has 0 saturated carbocycles. The number of aromatic nitrogens is 1. The van der Waals surface area contributed by atoms with E-state index in [1.807, 2.05) is 44.2 Å². The number of hydrogen-bond donors (Lipinski definition) is 4. The van der Waals surface area contributed by atoms with E-state index in [4.69, 9.17) is 9.31 Å². The average Bonchev–Trinajstić information content (AvgIpc) is 3.25. The van der Waals surface area contributed by atoms with Crippen LogP contribution in [0.25, 0.3) is 11.3 Å². The number of esters is 1. The maximum atomic E-state index is 13.4. The second kappa shape index (κ2) is 14.1. The van der Waals surface area contributed by atoms with Crippen molar-refractivity contribution in [3.8, 4) is 11.3 Å². The van der Waals surface area contributed by atoms with Gasteiger partial charge in [-0.05, 0) is 31.4 Å². The summed E-state index contributed by atoms with van der Waals surface area (Å²) in [5.74, 6) is -6.01. The minimum absolute atomic E-state index is 0.0165. The van der Waals surface area contributed by atoms with Gasteiger partial charge in [0.15, 0.2) is 5.60 Å². The van der Waals surface area contributed by atoms with E-state index in [9.17, 15) is 34.2 Å². The smallest absolute Gasteiger partial charge is 0.506 e. The first kappa shape index (κ1) is 32.2. The van der Waals surface area contributed by atoms with Crippen molar-refractivity contribution in [3.05, 3.63) is 54.2 Å². The molecule has 1 aromatic carbocycles. The molecule has 4 atom stereocenters. The van der Waals surface area contributed by atoms with Gasteiger partial charge in [-0.1, -0.05) is 50.2 Å². The number of amides is 2. The Kier molecular flexibility index (Phi) is 10.8. The third kappa shape index (κ3) is 8.14. The second-order valence-electron chi connectivity index (χ2n) is 10.4. The number of nitrogens with one attached hydrogen (secondary N) is 2. The van der Waals surface area contributed by atoms with Gasteiger partial charge in [-0.2, -0.15) is 0 Å². The first-order chi connectivity index (χ1) is 19.8. The van der Waals surface area contributed by atoms with Gasteiger partial charge in [0.05, 0.1) is 37.7 Å². The minimum Gasteiger partial charge on any atom is -0.506 e. The van der Waals surface area contributed by atoms with Crippen molar-refractivity contribution in [2.24, 2.45) is 5.92 Å². The van der Waals surface area contributed by atoms with E-state index in [2.05, 4.69) is 20.4 Å². The number of nitrogens with zero attached hydrogens (tertiary/aromatic N) is 1. The van der Waals surface area contributed by atoms with Gasteiger partial charge in [0.2, 0.25) is 5.91 Å². The summed E-state index contributed by atoms with van der Waals surface area (Å²) < 4.78 is 15.6. The Morgan fingerprint density at radius 1 is 1.02 bits per heavy atom. The SMILES string of the molecule is COC(=O)C[C@@]1(CC(=O)O)OB(C(CC(C)C)NC(=O)C(NC(=O)c2cccc(-c3ccccc3)n2)C(C)O)OC1=O. The van der Waals surface area contributed by atoms with Crippen LogP contribution < -0.4 is 10.6 Å². The molecule has 2 heterocycles. The number of pyridine rings is 1. The van der Waals surface area contributed by atoms with Gasteiger partial charge in [-0.25, -0.2) is 4.98 Å². The molecular formula is C28H34BN3O10. The van der Waals surface area contributed by atoms with Gasteiger partial charge >= 0.3 is 25.0 Å². The van der Waals surface area contributed by atoms with E-state index < -0.39 is 73.4 Å². The Morgan fingerprint density at radius 3 is 2.31 bits per heavy atom. The van der Waals surface area contributed by atoms with Crippen molar-refractivity contribution in [3.63, 3.8) is 0 Å². The summed E-state index contributed by atoms with van der Waals surface area (Å²) >= 11 is 0. The number of carbonyl (C=O) groups excluding carboxylic acids is 4. The number of hydrogen-bond acceptors (Lipinski definition) is 10. The number of carboxylic acid groups (broad SMARTS) is 1. The van der Waals surface area contributed by atoms with E-state index in [0.717, 1.165) is 12.7 Å². The van der Waals surface area contributed by atoms with Crippen LogP contribution in [0.1, 0.15) is 50.5 Å². The fraction of sp³-hybridized carbons (Fsp3) is 0.429. The molecule has 3 rings (SSSR count).